The molecule has 1 amide bonds. The Balaban J connectivity index is 0.000000318. The van der Waals surface area contributed by atoms with Gasteiger partial charge in [0.2, 0.25) is 5.91 Å². The van der Waals surface area contributed by atoms with Crippen LogP contribution in [0.1, 0.15) is 19.8 Å². The molecule has 1 rings (SSSR count). The molecule has 0 aliphatic heterocycles. The van der Waals surface area contributed by atoms with Crippen LogP contribution >= 0.6 is 0 Å². The molecule has 17 heavy (non-hydrogen) atoms. The molecule has 0 radical (unpaired) electrons. The maximum atomic E-state index is 10.4. The molecule has 0 unspecified atom stereocenters. The van der Waals surface area contributed by atoms with Crippen molar-refractivity contribution in [1.29, 1.82) is 0 Å². The van der Waals surface area contributed by atoms with Crippen molar-refractivity contribution in [3.63, 3.8) is 0 Å². The molecular weight excluding hydrogens is 218 g/mol. The van der Waals surface area contributed by atoms with Gasteiger partial charge in [0.15, 0.2) is 0 Å². The molecule has 0 aliphatic rings. The van der Waals surface area contributed by atoms with E-state index in [-0.39, 0.29) is 6.61 Å². The third-order valence-corrected chi connectivity index (χ3v) is 1.96. The largest absolute Gasteiger partial charge is 0.508 e. The number of unbranched alkanes of at least 4 members (excludes halogenated alkanes) is 1. The van der Waals surface area contributed by atoms with Crippen LogP contribution in [0.15, 0.2) is 42.0 Å². The second kappa shape index (κ2) is 9.42. The molecule has 4 heteroatoms. The minimum Gasteiger partial charge on any atom is -0.508 e. The van der Waals surface area contributed by atoms with Crippen LogP contribution in [0.4, 0.5) is 0 Å². The van der Waals surface area contributed by atoms with Gasteiger partial charge in [0.1, 0.15) is 5.75 Å². The van der Waals surface area contributed by atoms with Gasteiger partial charge in [-0.15, -0.1) is 0 Å². The lowest BCUT2D eigenvalue weighted by Gasteiger charge is -1.92. The van der Waals surface area contributed by atoms with Crippen LogP contribution in [0.5, 0.6) is 5.75 Å². The number of carbonyl (C=O) groups excluding carboxylic acids is 1. The number of nitrogens with two attached hydrogens (primary N) is 1. The van der Waals surface area contributed by atoms with E-state index in [1.54, 1.807) is 37.3 Å². The van der Waals surface area contributed by atoms with E-state index < -0.39 is 5.91 Å². The maximum absolute atomic E-state index is 10.4. The summed E-state index contributed by atoms with van der Waals surface area (Å²) < 4.78 is 0. The zero-order valence-electron chi connectivity index (χ0n) is 9.97. The number of carbonyl (C=O) groups is 1. The first-order valence-electron chi connectivity index (χ1n) is 5.39. The number of rotatable bonds is 4. The predicted molar refractivity (Wildman–Crippen MR) is 67.4 cm³/mol. The van der Waals surface area contributed by atoms with Crippen molar-refractivity contribution in [1.82, 2.24) is 0 Å². The summed E-state index contributed by atoms with van der Waals surface area (Å²) in [7, 11) is 0. The number of aromatic hydroxyl groups is 1. The van der Waals surface area contributed by atoms with Gasteiger partial charge < -0.3 is 15.9 Å². The highest BCUT2D eigenvalue weighted by molar-refractivity contribution is 5.91. The molecular formula is C13H19NO3. The number of phenolic OH excluding ortho intramolecular Hbond substituents is 1. The molecule has 4 N–H and O–H groups in total. The van der Waals surface area contributed by atoms with Crippen LogP contribution in [-0.4, -0.2) is 22.7 Å². The van der Waals surface area contributed by atoms with E-state index in [4.69, 9.17) is 15.9 Å². The smallest absolute Gasteiger partial charge is 0.244 e. The number of amides is 1. The number of primary amides is 1. The minimum atomic E-state index is -0.391. The molecule has 94 valence electrons. The summed E-state index contributed by atoms with van der Waals surface area (Å²) >= 11 is 0. The fourth-order valence-electron chi connectivity index (χ4n) is 0.938. The quantitative estimate of drug-likeness (QED) is 0.549. The first-order chi connectivity index (χ1) is 8.07. The Morgan fingerprint density at radius 3 is 2.29 bits per heavy atom. The predicted octanol–water partition coefficient (Wildman–Crippen LogP) is 1.58. The number of hydrogen-bond acceptors (Lipinski definition) is 3. The van der Waals surface area contributed by atoms with E-state index in [1.165, 1.54) is 0 Å². The van der Waals surface area contributed by atoms with Gasteiger partial charge in [-0.2, -0.15) is 0 Å². The number of hydrogen-bond donors (Lipinski definition) is 3. The zero-order chi connectivity index (χ0) is 13.1. The van der Waals surface area contributed by atoms with E-state index in [9.17, 15) is 4.79 Å². The molecule has 0 aliphatic carbocycles. The summed E-state index contributed by atoms with van der Waals surface area (Å²) in [5.41, 5.74) is 5.51. The molecule has 4 nitrogen and oxygen atoms in total. The molecule has 0 fully saturated rings. The fraction of sp³-hybridized carbons (Fsp3) is 0.308. The van der Waals surface area contributed by atoms with Gasteiger partial charge in [-0.05, 0) is 31.9 Å². The monoisotopic (exact) mass is 237 g/mol. The first-order valence-corrected chi connectivity index (χ1v) is 5.39. The van der Waals surface area contributed by atoms with Gasteiger partial charge in [0.25, 0.3) is 0 Å². The minimum absolute atomic E-state index is 0.155. The number of para-hydroxylation sites is 1. The van der Waals surface area contributed by atoms with Crippen LogP contribution in [0, 0.1) is 0 Å². The van der Waals surface area contributed by atoms with E-state index >= 15 is 0 Å². The highest BCUT2D eigenvalue weighted by atomic mass is 16.3. The third kappa shape index (κ3) is 9.14. The van der Waals surface area contributed by atoms with Gasteiger partial charge in [-0.25, -0.2) is 0 Å². The Morgan fingerprint density at radius 2 is 1.94 bits per heavy atom. The molecule has 0 heterocycles. The Morgan fingerprint density at radius 1 is 1.35 bits per heavy atom. The van der Waals surface area contributed by atoms with Gasteiger partial charge in [-0.1, -0.05) is 24.3 Å². The molecule has 0 atom stereocenters. The van der Waals surface area contributed by atoms with E-state index in [0.717, 1.165) is 0 Å². The van der Waals surface area contributed by atoms with Crippen molar-refractivity contribution >= 4 is 5.91 Å². The molecule has 1 aromatic carbocycles. The van der Waals surface area contributed by atoms with Crippen molar-refractivity contribution in [2.45, 2.75) is 19.8 Å². The summed E-state index contributed by atoms with van der Waals surface area (Å²) in [5.74, 6) is -0.0690. The molecule has 0 spiro atoms. The third-order valence-electron chi connectivity index (χ3n) is 1.96. The average molecular weight is 237 g/mol. The number of benzene rings is 1. The standard InChI is InChI=1S/C7H13NO2.C6H6O/c1-6(7(8)10)4-2-3-5-9;7-6-4-2-1-3-5-6/h4,9H,2-3,5H2,1H3,(H2,8,10);1-5,7H. The summed E-state index contributed by atoms with van der Waals surface area (Å²) in [6.45, 7) is 1.82. The number of allylic oxidation sites excluding steroid dienone is 1. The van der Waals surface area contributed by atoms with Gasteiger partial charge in [-0.3, -0.25) is 4.79 Å². The molecule has 0 aromatic heterocycles. The van der Waals surface area contributed by atoms with E-state index in [2.05, 4.69) is 0 Å². The van der Waals surface area contributed by atoms with Crippen molar-refractivity contribution in [2.75, 3.05) is 6.61 Å². The lowest BCUT2D eigenvalue weighted by Crippen LogP contribution is -2.11. The van der Waals surface area contributed by atoms with E-state index in [1.807, 2.05) is 6.07 Å². The highest BCUT2D eigenvalue weighted by Crippen LogP contribution is 2.02. The highest BCUT2D eigenvalue weighted by Gasteiger charge is 1.93. The van der Waals surface area contributed by atoms with Crippen LogP contribution < -0.4 is 5.73 Å². The molecule has 0 saturated heterocycles. The van der Waals surface area contributed by atoms with Crippen LogP contribution in [-0.2, 0) is 4.79 Å². The van der Waals surface area contributed by atoms with Crippen LogP contribution in [0.25, 0.3) is 0 Å². The SMILES string of the molecule is CC(=CCCCO)C(N)=O.Oc1ccccc1. The lowest BCUT2D eigenvalue weighted by molar-refractivity contribution is -0.114. The Hall–Kier alpha value is -1.81. The van der Waals surface area contributed by atoms with Crippen LogP contribution in [0.2, 0.25) is 0 Å². The second-order valence-electron chi connectivity index (χ2n) is 3.45. The summed E-state index contributed by atoms with van der Waals surface area (Å²) in [4.78, 5) is 10.4. The summed E-state index contributed by atoms with van der Waals surface area (Å²) in [5, 5.41) is 17.0. The number of aliphatic hydroxyl groups is 1. The maximum Gasteiger partial charge on any atom is 0.244 e. The van der Waals surface area contributed by atoms with Gasteiger partial charge >= 0.3 is 0 Å². The zero-order valence-corrected chi connectivity index (χ0v) is 9.97. The Kier molecular flexibility index (Phi) is 8.42. The number of aliphatic hydroxyl groups excluding tert-OH is 1. The average Bonchev–Trinajstić information content (AvgIpc) is 2.31. The lowest BCUT2D eigenvalue weighted by atomic mass is 10.2. The molecule has 0 bridgehead atoms. The topological polar surface area (TPSA) is 83.5 Å². The molecule has 0 saturated carbocycles. The van der Waals surface area contributed by atoms with Crippen molar-refractivity contribution in [3.8, 4) is 5.75 Å². The van der Waals surface area contributed by atoms with Crippen molar-refractivity contribution in [2.24, 2.45) is 5.73 Å². The normalized spacial score (nSPS) is 10.4. The summed E-state index contributed by atoms with van der Waals surface area (Å²) in [6, 6.07) is 8.71. The van der Waals surface area contributed by atoms with Crippen LogP contribution in [0.3, 0.4) is 0 Å². The second-order valence-corrected chi connectivity index (χ2v) is 3.45. The summed E-state index contributed by atoms with van der Waals surface area (Å²) in [6.07, 6.45) is 3.13. The van der Waals surface area contributed by atoms with Gasteiger partial charge in [0, 0.05) is 12.2 Å². The van der Waals surface area contributed by atoms with Gasteiger partial charge in [0.05, 0.1) is 0 Å². The Bertz CT molecular complexity index is 347. The first kappa shape index (κ1) is 15.2. The number of phenols is 1. The fourth-order valence-corrected chi connectivity index (χ4v) is 0.938. The Labute approximate surface area is 101 Å². The van der Waals surface area contributed by atoms with E-state index in [0.29, 0.717) is 24.2 Å². The molecule has 1 aromatic rings. The van der Waals surface area contributed by atoms with Crippen molar-refractivity contribution < 1.29 is 15.0 Å². The van der Waals surface area contributed by atoms with Crippen molar-refractivity contribution in [3.05, 3.63) is 42.0 Å².